The van der Waals surface area contributed by atoms with Crippen LogP contribution in [0.15, 0.2) is 12.4 Å². The molecule has 1 aliphatic rings. The number of hydrogen-bond acceptors (Lipinski definition) is 2. The first-order valence-electron chi connectivity index (χ1n) is 20.0. The van der Waals surface area contributed by atoms with Gasteiger partial charge in [0.2, 0.25) is 0 Å². The minimum atomic E-state index is 0.633. The van der Waals surface area contributed by atoms with Gasteiger partial charge in [-0.05, 0) is 26.2 Å². The molecule has 2 heteroatoms. The second kappa shape index (κ2) is 31.8. The van der Waals surface area contributed by atoms with Crippen molar-refractivity contribution in [3.8, 4) is 0 Å². The highest BCUT2D eigenvalue weighted by Crippen LogP contribution is 2.23. The summed E-state index contributed by atoms with van der Waals surface area (Å²) in [4.78, 5) is 5.24. The molecule has 2 nitrogen and oxygen atoms in total. The Morgan fingerprint density at radius 2 is 0.619 bits per heavy atom. The van der Waals surface area contributed by atoms with Crippen LogP contribution in [0.3, 0.4) is 0 Å². The Balaban J connectivity index is 1.90. The van der Waals surface area contributed by atoms with Gasteiger partial charge in [0.15, 0.2) is 0 Å². The van der Waals surface area contributed by atoms with Crippen LogP contribution in [-0.2, 0) is 0 Å². The van der Waals surface area contributed by atoms with Crippen LogP contribution < -0.4 is 0 Å². The quantitative estimate of drug-likeness (QED) is 0.0690. The third kappa shape index (κ3) is 23.8. The first-order valence-corrected chi connectivity index (χ1v) is 20.0. The molecular formula is C40H80N2. The first kappa shape index (κ1) is 39.4. The average Bonchev–Trinajstić information content (AvgIpc) is 3.40. The summed E-state index contributed by atoms with van der Waals surface area (Å²) in [6.45, 7) is 9.35. The van der Waals surface area contributed by atoms with Crippen LogP contribution >= 0.6 is 0 Å². The minimum Gasteiger partial charge on any atom is -0.356 e. The first-order chi connectivity index (χ1) is 20.8. The molecular weight excluding hydrogens is 508 g/mol. The summed E-state index contributed by atoms with van der Waals surface area (Å²) in [6, 6.07) is 0. The summed E-state index contributed by atoms with van der Waals surface area (Å²) in [7, 11) is 0. The van der Waals surface area contributed by atoms with Gasteiger partial charge in [0.1, 0.15) is 6.17 Å². The zero-order chi connectivity index (χ0) is 30.2. The summed E-state index contributed by atoms with van der Waals surface area (Å²) in [5.74, 6) is 0. The van der Waals surface area contributed by atoms with E-state index in [1.807, 2.05) is 0 Å². The summed E-state index contributed by atoms with van der Waals surface area (Å²) in [6.07, 6.45) is 51.7. The van der Waals surface area contributed by atoms with Crippen LogP contribution in [0.25, 0.3) is 0 Å². The number of hydrogen-bond donors (Lipinski definition) is 0. The van der Waals surface area contributed by atoms with E-state index in [4.69, 9.17) is 0 Å². The van der Waals surface area contributed by atoms with E-state index in [1.54, 1.807) is 0 Å². The van der Waals surface area contributed by atoms with E-state index in [2.05, 4.69) is 43.0 Å². The smallest absolute Gasteiger partial charge is 0.101 e. The molecule has 1 rings (SSSR count). The lowest BCUT2D eigenvalue weighted by Gasteiger charge is -2.32. The highest BCUT2D eigenvalue weighted by atomic mass is 15.4. The van der Waals surface area contributed by atoms with Gasteiger partial charge in [-0.3, -0.25) is 0 Å². The number of nitrogens with zero attached hydrogens (tertiary/aromatic N) is 2. The summed E-state index contributed by atoms with van der Waals surface area (Å²) in [5, 5.41) is 0. The Labute approximate surface area is 267 Å². The molecule has 250 valence electrons. The minimum absolute atomic E-state index is 0.633. The largest absolute Gasteiger partial charge is 0.356 e. The van der Waals surface area contributed by atoms with Crippen molar-refractivity contribution in [3.05, 3.63) is 12.4 Å². The van der Waals surface area contributed by atoms with Crippen molar-refractivity contribution >= 4 is 0 Å². The summed E-state index contributed by atoms with van der Waals surface area (Å²) in [5.41, 5.74) is 0. The van der Waals surface area contributed by atoms with Gasteiger partial charge in [-0.15, -0.1) is 0 Å². The normalized spacial score (nSPS) is 15.0. The van der Waals surface area contributed by atoms with Gasteiger partial charge in [0.25, 0.3) is 0 Å². The van der Waals surface area contributed by atoms with E-state index >= 15 is 0 Å². The second-order valence-electron chi connectivity index (χ2n) is 13.9. The van der Waals surface area contributed by atoms with Gasteiger partial charge in [-0.25, -0.2) is 0 Å². The average molecular weight is 589 g/mol. The lowest BCUT2D eigenvalue weighted by Crippen LogP contribution is -2.38. The fourth-order valence-electron chi connectivity index (χ4n) is 6.97. The van der Waals surface area contributed by atoms with E-state index < -0.39 is 0 Å². The summed E-state index contributed by atoms with van der Waals surface area (Å²) >= 11 is 0. The topological polar surface area (TPSA) is 6.48 Å². The lowest BCUT2D eigenvalue weighted by atomic mass is 10.0. The molecule has 0 aromatic heterocycles. The standard InChI is InChI=1S/C40H80N2/c1-4-7-9-11-13-15-17-19-21-22-23-25-27-29-31-33-35-37-42-39-38-41(6-3)40(42)36-34-32-30-28-26-24-20-18-16-14-12-10-8-5-2/h38-40H,4-37H2,1-3H3. The maximum atomic E-state index is 2.66. The van der Waals surface area contributed by atoms with Gasteiger partial charge in [0.05, 0.1) is 0 Å². The molecule has 1 atom stereocenters. The molecule has 0 aromatic rings. The highest BCUT2D eigenvalue weighted by molar-refractivity contribution is 4.96. The van der Waals surface area contributed by atoms with Gasteiger partial charge < -0.3 is 9.80 Å². The van der Waals surface area contributed by atoms with Crippen LogP contribution in [0.1, 0.15) is 226 Å². The van der Waals surface area contributed by atoms with Gasteiger partial charge in [-0.2, -0.15) is 0 Å². The number of rotatable bonds is 34. The van der Waals surface area contributed by atoms with E-state index in [0.717, 1.165) is 6.54 Å². The zero-order valence-electron chi connectivity index (χ0n) is 29.7. The lowest BCUT2D eigenvalue weighted by molar-refractivity contribution is 0.142. The molecule has 1 aliphatic heterocycles. The predicted octanol–water partition coefficient (Wildman–Crippen LogP) is 13.9. The van der Waals surface area contributed by atoms with Crippen LogP contribution in [0.2, 0.25) is 0 Å². The fourth-order valence-corrected chi connectivity index (χ4v) is 6.97. The molecule has 0 saturated carbocycles. The predicted molar refractivity (Wildman–Crippen MR) is 191 cm³/mol. The van der Waals surface area contributed by atoms with Crippen molar-refractivity contribution < 1.29 is 0 Å². The highest BCUT2D eigenvalue weighted by Gasteiger charge is 2.23. The Bertz CT molecular complexity index is 544. The van der Waals surface area contributed by atoms with E-state index in [-0.39, 0.29) is 0 Å². The van der Waals surface area contributed by atoms with Crippen molar-refractivity contribution in [3.63, 3.8) is 0 Å². The van der Waals surface area contributed by atoms with Crippen molar-refractivity contribution in [2.45, 2.75) is 232 Å². The molecule has 0 amide bonds. The third-order valence-corrected chi connectivity index (χ3v) is 9.92. The molecule has 0 radical (unpaired) electrons. The van der Waals surface area contributed by atoms with Crippen molar-refractivity contribution in [1.82, 2.24) is 9.80 Å². The Morgan fingerprint density at radius 3 is 0.952 bits per heavy atom. The molecule has 1 unspecified atom stereocenters. The van der Waals surface area contributed by atoms with Crippen LogP contribution in [0, 0.1) is 0 Å². The molecule has 0 fully saturated rings. The second-order valence-corrected chi connectivity index (χ2v) is 13.9. The van der Waals surface area contributed by atoms with E-state index in [9.17, 15) is 0 Å². The molecule has 1 heterocycles. The van der Waals surface area contributed by atoms with Crippen LogP contribution in [0.4, 0.5) is 0 Å². The number of unbranched alkanes of at least 4 members (excludes halogenated alkanes) is 29. The SMILES string of the molecule is CCCCCCCCCCCCCCCCCCCN1C=CN(CC)C1CCCCCCCCCCCCCCCC. The maximum Gasteiger partial charge on any atom is 0.101 e. The van der Waals surface area contributed by atoms with Gasteiger partial charge >= 0.3 is 0 Å². The molecule has 0 N–H and O–H groups in total. The monoisotopic (exact) mass is 589 g/mol. The molecule has 0 saturated heterocycles. The van der Waals surface area contributed by atoms with Crippen LogP contribution in [0.5, 0.6) is 0 Å². The van der Waals surface area contributed by atoms with Crippen molar-refractivity contribution in [2.24, 2.45) is 0 Å². The van der Waals surface area contributed by atoms with E-state index in [0.29, 0.717) is 6.17 Å². The summed E-state index contributed by atoms with van der Waals surface area (Å²) < 4.78 is 0. The van der Waals surface area contributed by atoms with Gasteiger partial charge in [-0.1, -0.05) is 200 Å². The molecule has 0 aliphatic carbocycles. The molecule has 0 aromatic carbocycles. The molecule has 0 spiro atoms. The fraction of sp³-hybridized carbons (Fsp3) is 0.950. The molecule has 42 heavy (non-hydrogen) atoms. The van der Waals surface area contributed by atoms with Crippen molar-refractivity contribution in [2.75, 3.05) is 13.1 Å². The molecule has 0 bridgehead atoms. The Morgan fingerprint density at radius 1 is 0.333 bits per heavy atom. The van der Waals surface area contributed by atoms with Gasteiger partial charge in [0, 0.05) is 25.5 Å². The Kier molecular flexibility index (Phi) is 29.8. The maximum absolute atomic E-state index is 2.66. The van der Waals surface area contributed by atoms with E-state index in [1.165, 1.54) is 212 Å². The third-order valence-electron chi connectivity index (χ3n) is 9.92. The van der Waals surface area contributed by atoms with Crippen molar-refractivity contribution in [1.29, 1.82) is 0 Å². The van der Waals surface area contributed by atoms with Crippen LogP contribution in [-0.4, -0.2) is 29.1 Å². The Hall–Kier alpha value is -0.660. The zero-order valence-corrected chi connectivity index (χ0v) is 29.7.